The molecular formula is C19H26N2O2. The lowest BCUT2D eigenvalue weighted by atomic mass is 10.1. The quantitative estimate of drug-likeness (QED) is 0.850. The maximum atomic E-state index is 12.2. The molecule has 3 rings (SSSR count). The molecule has 4 nitrogen and oxygen atoms in total. The number of carbonyl (C=O) groups is 1. The number of rotatable bonds is 5. The molecule has 0 saturated carbocycles. The number of para-hydroxylation sites is 1. The molecule has 0 aromatic heterocycles. The van der Waals surface area contributed by atoms with E-state index in [4.69, 9.17) is 4.74 Å². The zero-order valence-corrected chi connectivity index (χ0v) is 13.7. The highest BCUT2D eigenvalue weighted by Gasteiger charge is 2.16. The highest BCUT2D eigenvalue weighted by Crippen LogP contribution is 2.25. The molecular weight excluding hydrogens is 288 g/mol. The number of hydrogen-bond donors (Lipinski definition) is 1. The third-order valence-corrected chi connectivity index (χ3v) is 4.56. The van der Waals surface area contributed by atoms with Gasteiger partial charge in [0, 0.05) is 12.1 Å². The van der Waals surface area contributed by atoms with Crippen LogP contribution in [0.3, 0.4) is 0 Å². The number of ether oxygens (including phenoxy) is 1. The maximum absolute atomic E-state index is 12.2. The summed E-state index contributed by atoms with van der Waals surface area (Å²) in [6.45, 7) is 4.59. The van der Waals surface area contributed by atoms with Crippen LogP contribution in [0.25, 0.3) is 6.08 Å². The Hall–Kier alpha value is -1.81. The second-order valence-electron chi connectivity index (χ2n) is 6.36. The van der Waals surface area contributed by atoms with Crippen molar-refractivity contribution in [3.05, 3.63) is 35.4 Å². The number of nitrogens with zero attached hydrogens (tertiary/aromatic N) is 1. The van der Waals surface area contributed by atoms with E-state index in [2.05, 4.69) is 10.2 Å². The fourth-order valence-electron chi connectivity index (χ4n) is 3.23. The summed E-state index contributed by atoms with van der Waals surface area (Å²) in [6, 6.07) is 7.81. The van der Waals surface area contributed by atoms with Crippen LogP contribution in [0.5, 0.6) is 5.75 Å². The van der Waals surface area contributed by atoms with Crippen molar-refractivity contribution in [1.29, 1.82) is 0 Å². The molecule has 23 heavy (non-hydrogen) atoms. The molecule has 1 aromatic rings. The van der Waals surface area contributed by atoms with Gasteiger partial charge in [0.2, 0.25) is 0 Å². The van der Waals surface area contributed by atoms with Crippen LogP contribution in [0, 0.1) is 0 Å². The lowest BCUT2D eigenvalue weighted by Crippen LogP contribution is -2.32. The van der Waals surface area contributed by atoms with Crippen molar-refractivity contribution in [3.63, 3.8) is 0 Å². The molecule has 0 unspecified atom stereocenters. The summed E-state index contributed by atoms with van der Waals surface area (Å²) in [6.07, 6.45) is 8.30. The third kappa shape index (κ3) is 4.58. The van der Waals surface area contributed by atoms with Gasteiger partial charge in [0.1, 0.15) is 12.4 Å². The molecule has 1 fully saturated rings. The first-order valence-electron chi connectivity index (χ1n) is 8.76. The van der Waals surface area contributed by atoms with Gasteiger partial charge in [-0.2, -0.15) is 0 Å². The zero-order chi connectivity index (χ0) is 15.9. The average Bonchev–Trinajstić information content (AvgIpc) is 2.87. The van der Waals surface area contributed by atoms with E-state index in [-0.39, 0.29) is 5.91 Å². The second kappa shape index (κ2) is 8.16. The van der Waals surface area contributed by atoms with Gasteiger partial charge in [-0.25, -0.2) is 0 Å². The topological polar surface area (TPSA) is 41.6 Å². The summed E-state index contributed by atoms with van der Waals surface area (Å²) < 4.78 is 5.64. The molecule has 0 radical (unpaired) electrons. The minimum absolute atomic E-state index is 0.00429. The van der Waals surface area contributed by atoms with E-state index in [9.17, 15) is 4.79 Å². The van der Waals surface area contributed by atoms with Crippen molar-refractivity contribution in [2.75, 3.05) is 32.8 Å². The largest absolute Gasteiger partial charge is 0.488 e. The van der Waals surface area contributed by atoms with Gasteiger partial charge in [-0.3, -0.25) is 4.79 Å². The minimum Gasteiger partial charge on any atom is -0.488 e. The van der Waals surface area contributed by atoms with Crippen molar-refractivity contribution < 1.29 is 9.53 Å². The van der Waals surface area contributed by atoms with E-state index in [0.29, 0.717) is 12.2 Å². The summed E-state index contributed by atoms with van der Waals surface area (Å²) in [5, 5.41) is 3.02. The van der Waals surface area contributed by atoms with Gasteiger partial charge in [0.15, 0.2) is 0 Å². The molecule has 1 aromatic carbocycles. The Morgan fingerprint density at radius 1 is 1.13 bits per heavy atom. The van der Waals surface area contributed by atoms with Crippen molar-refractivity contribution in [2.24, 2.45) is 0 Å². The summed E-state index contributed by atoms with van der Waals surface area (Å²) in [5.74, 6) is 0.848. The second-order valence-corrected chi connectivity index (χ2v) is 6.36. The molecule has 4 heteroatoms. The van der Waals surface area contributed by atoms with E-state index in [1.54, 1.807) is 0 Å². The van der Waals surface area contributed by atoms with E-state index < -0.39 is 0 Å². The molecule has 0 spiro atoms. The van der Waals surface area contributed by atoms with Crippen LogP contribution in [0.2, 0.25) is 0 Å². The standard InChI is InChI=1S/C19H26N2O2/c22-19(17-14-16-8-3-4-9-18(16)23-15-17)20-10-7-13-21-11-5-1-2-6-12-21/h3-4,8-9,14H,1-2,5-7,10-13,15H2,(H,20,22). The van der Waals surface area contributed by atoms with Crippen LogP contribution in [0.1, 0.15) is 37.7 Å². The van der Waals surface area contributed by atoms with Gasteiger partial charge in [0.05, 0.1) is 5.57 Å². The molecule has 1 amide bonds. The smallest absolute Gasteiger partial charge is 0.250 e. The SMILES string of the molecule is O=C(NCCCN1CCCCCC1)C1=Cc2ccccc2OC1. The highest BCUT2D eigenvalue weighted by atomic mass is 16.5. The van der Waals surface area contributed by atoms with Crippen molar-refractivity contribution >= 4 is 12.0 Å². The van der Waals surface area contributed by atoms with E-state index in [0.717, 1.165) is 30.8 Å². The summed E-state index contributed by atoms with van der Waals surface area (Å²) in [5.41, 5.74) is 1.69. The van der Waals surface area contributed by atoms with Crippen LogP contribution in [-0.4, -0.2) is 43.6 Å². The number of benzene rings is 1. The molecule has 1 N–H and O–H groups in total. The fraction of sp³-hybridized carbons (Fsp3) is 0.526. The van der Waals surface area contributed by atoms with Gasteiger partial charge < -0.3 is 15.0 Å². The van der Waals surface area contributed by atoms with Gasteiger partial charge in [-0.1, -0.05) is 31.0 Å². The van der Waals surface area contributed by atoms with Crippen LogP contribution < -0.4 is 10.1 Å². The number of carbonyl (C=O) groups excluding carboxylic acids is 1. The molecule has 1 saturated heterocycles. The maximum Gasteiger partial charge on any atom is 0.250 e. The third-order valence-electron chi connectivity index (χ3n) is 4.56. The lowest BCUT2D eigenvalue weighted by Gasteiger charge is -2.20. The monoisotopic (exact) mass is 314 g/mol. The first-order valence-corrected chi connectivity index (χ1v) is 8.76. The van der Waals surface area contributed by atoms with E-state index >= 15 is 0 Å². The minimum atomic E-state index is -0.00429. The average molecular weight is 314 g/mol. The van der Waals surface area contributed by atoms with Gasteiger partial charge in [-0.05, 0) is 51.0 Å². The van der Waals surface area contributed by atoms with Crippen molar-refractivity contribution in [2.45, 2.75) is 32.1 Å². The number of fused-ring (bicyclic) bond motifs is 1. The molecule has 0 aliphatic carbocycles. The number of amides is 1. The van der Waals surface area contributed by atoms with Gasteiger partial charge >= 0.3 is 0 Å². The zero-order valence-electron chi connectivity index (χ0n) is 13.7. The van der Waals surface area contributed by atoms with Crippen LogP contribution in [0.15, 0.2) is 29.8 Å². The molecule has 2 aliphatic heterocycles. The Morgan fingerprint density at radius 3 is 2.74 bits per heavy atom. The Morgan fingerprint density at radius 2 is 1.91 bits per heavy atom. The Balaban J connectivity index is 1.42. The Labute approximate surface area is 138 Å². The lowest BCUT2D eigenvalue weighted by molar-refractivity contribution is -0.117. The van der Waals surface area contributed by atoms with Crippen LogP contribution >= 0.6 is 0 Å². The molecule has 0 bridgehead atoms. The first kappa shape index (κ1) is 16.1. The predicted molar refractivity (Wildman–Crippen MR) is 92.4 cm³/mol. The van der Waals surface area contributed by atoms with Crippen LogP contribution in [-0.2, 0) is 4.79 Å². The van der Waals surface area contributed by atoms with Crippen molar-refractivity contribution in [1.82, 2.24) is 10.2 Å². The van der Waals surface area contributed by atoms with Crippen molar-refractivity contribution in [3.8, 4) is 5.75 Å². The highest BCUT2D eigenvalue weighted by molar-refractivity contribution is 5.99. The summed E-state index contributed by atoms with van der Waals surface area (Å²) in [7, 11) is 0. The number of likely N-dealkylation sites (tertiary alicyclic amines) is 1. The van der Waals surface area contributed by atoms with Gasteiger partial charge in [0.25, 0.3) is 5.91 Å². The van der Waals surface area contributed by atoms with Gasteiger partial charge in [-0.15, -0.1) is 0 Å². The summed E-state index contributed by atoms with van der Waals surface area (Å²) >= 11 is 0. The molecule has 2 aliphatic rings. The fourth-order valence-corrected chi connectivity index (χ4v) is 3.23. The van der Waals surface area contributed by atoms with E-state index in [1.165, 1.54) is 38.8 Å². The normalized spacial score (nSPS) is 18.3. The molecule has 2 heterocycles. The number of hydrogen-bond acceptors (Lipinski definition) is 3. The molecule has 0 atom stereocenters. The van der Waals surface area contributed by atoms with Crippen LogP contribution in [0.4, 0.5) is 0 Å². The van der Waals surface area contributed by atoms with E-state index in [1.807, 2.05) is 30.3 Å². The summed E-state index contributed by atoms with van der Waals surface area (Å²) in [4.78, 5) is 14.8. The molecule has 124 valence electrons. The Kier molecular flexibility index (Phi) is 5.70. The predicted octanol–water partition coefficient (Wildman–Crippen LogP) is 2.84. The Bertz CT molecular complexity index is 560. The number of nitrogens with one attached hydrogen (secondary N) is 1. The first-order chi connectivity index (χ1) is 11.3.